The molecule has 1 fully saturated rings. The standard InChI is InChI=1S/C13H12Br2N4O2/c14-8-3-4-9(10(15)5-8)13-16-17-18-19(13)11(6-12(20)21)7-1-2-7/h3-5,7,11H,1-2,6H2,(H,20,21). The van der Waals surface area contributed by atoms with Crippen molar-refractivity contribution in [2.24, 2.45) is 5.92 Å². The number of tetrazole rings is 1. The van der Waals surface area contributed by atoms with Crippen LogP contribution in [0.5, 0.6) is 0 Å². The van der Waals surface area contributed by atoms with E-state index < -0.39 is 5.97 Å². The van der Waals surface area contributed by atoms with Gasteiger partial charge in [-0.2, -0.15) is 0 Å². The molecule has 1 unspecified atom stereocenters. The van der Waals surface area contributed by atoms with Gasteiger partial charge in [0.1, 0.15) is 0 Å². The fraction of sp³-hybridized carbons (Fsp3) is 0.385. The maximum atomic E-state index is 11.1. The summed E-state index contributed by atoms with van der Waals surface area (Å²) < 4.78 is 3.46. The first kappa shape index (κ1) is 14.6. The number of hydrogen-bond acceptors (Lipinski definition) is 4. The van der Waals surface area contributed by atoms with Gasteiger partial charge in [0.05, 0.1) is 12.5 Å². The summed E-state index contributed by atoms with van der Waals surface area (Å²) in [7, 11) is 0. The third-order valence-electron chi connectivity index (χ3n) is 3.53. The lowest BCUT2D eigenvalue weighted by molar-refractivity contribution is -0.138. The summed E-state index contributed by atoms with van der Waals surface area (Å²) in [5.41, 5.74) is 0.847. The molecule has 110 valence electrons. The number of carbonyl (C=O) groups is 1. The number of benzene rings is 1. The van der Waals surface area contributed by atoms with E-state index in [4.69, 9.17) is 5.11 Å². The van der Waals surface area contributed by atoms with E-state index >= 15 is 0 Å². The highest BCUT2D eigenvalue weighted by atomic mass is 79.9. The van der Waals surface area contributed by atoms with Gasteiger partial charge in [0.15, 0.2) is 5.82 Å². The quantitative estimate of drug-likeness (QED) is 0.810. The van der Waals surface area contributed by atoms with Crippen LogP contribution in [0.3, 0.4) is 0 Å². The molecule has 0 saturated heterocycles. The van der Waals surface area contributed by atoms with Crippen LogP contribution >= 0.6 is 31.9 Å². The number of aliphatic carboxylic acids is 1. The Morgan fingerprint density at radius 2 is 2.19 bits per heavy atom. The SMILES string of the molecule is O=C(O)CC(C1CC1)n1nnnc1-c1ccc(Br)cc1Br. The van der Waals surface area contributed by atoms with Gasteiger partial charge in [-0.3, -0.25) is 4.79 Å². The third kappa shape index (κ3) is 3.16. The maximum absolute atomic E-state index is 11.1. The van der Waals surface area contributed by atoms with Gasteiger partial charge in [-0.1, -0.05) is 15.9 Å². The lowest BCUT2D eigenvalue weighted by atomic mass is 10.1. The first-order valence-electron chi connectivity index (χ1n) is 6.51. The Morgan fingerprint density at radius 1 is 1.43 bits per heavy atom. The van der Waals surface area contributed by atoms with Crippen LogP contribution < -0.4 is 0 Å². The Balaban J connectivity index is 2.01. The summed E-state index contributed by atoms with van der Waals surface area (Å²) in [5.74, 6) is 0.105. The molecule has 1 aromatic carbocycles. The molecule has 1 N–H and O–H groups in total. The van der Waals surface area contributed by atoms with Crippen LogP contribution in [-0.4, -0.2) is 31.3 Å². The average Bonchev–Trinajstić information content (AvgIpc) is 3.14. The van der Waals surface area contributed by atoms with Gasteiger partial charge in [-0.15, -0.1) is 5.10 Å². The Hall–Kier alpha value is -1.28. The minimum absolute atomic E-state index is 0.0385. The number of halogens is 2. The minimum Gasteiger partial charge on any atom is -0.481 e. The Labute approximate surface area is 137 Å². The van der Waals surface area contributed by atoms with Crippen molar-refractivity contribution in [3.63, 3.8) is 0 Å². The molecule has 0 bridgehead atoms. The van der Waals surface area contributed by atoms with Crippen LogP contribution in [0.2, 0.25) is 0 Å². The van der Waals surface area contributed by atoms with Crippen LogP contribution in [0.15, 0.2) is 27.1 Å². The first-order valence-corrected chi connectivity index (χ1v) is 8.10. The summed E-state index contributed by atoms with van der Waals surface area (Å²) in [6, 6.07) is 5.53. The van der Waals surface area contributed by atoms with Crippen molar-refractivity contribution in [2.45, 2.75) is 25.3 Å². The van der Waals surface area contributed by atoms with Crippen molar-refractivity contribution in [2.75, 3.05) is 0 Å². The predicted molar refractivity (Wildman–Crippen MR) is 82.7 cm³/mol. The molecule has 0 radical (unpaired) electrons. The average molecular weight is 416 g/mol. The fourth-order valence-corrected chi connectivity index (χ4v) is 3.60. The Morgan fingerprint density at radius 3 is 2.81 bits per heavy atom. The molecule has 1 aliphatic carbocycles. The summed E-state index contributed by atoms with van der Waals surface area (Å²) in [5, 5.41) is 21.0. The van der Waals surface area contributed by atoms with Crippen molar-refractivity contribution in [3.05, 3.63) is 27.1 Å². The zero-order valence-electron chi connectivity index (χ0n) is 10.9. The lowest BCUT2D eigenvalue weighted by Crippen LogP contribution is -2.18. The van der Waals surface area contributed by atoms with Crippen molar-refractivity contribution in [1.29, 1.82) is 0 Å². The van der Waals surface area contributed by atoms with Crippen LogP contribution in [0.1, 0.15) is 25.3 Å². The van der Waals surface area contributed by atoms with Gasteiger partial charge in [-0.05, 0) is 63.3 Å². The zero-order chi connectivity index (χ0) is 15.0. The van der Waals surface area contributed by atoms with Crippen molar-refractivity contribution >= 4 is 37.8 Å². The smallest absolute Gasteiger partial charge is 0.305 e. The van der Waals surface area contributed by atoms with Crippen molar-refractivity contribution < 1.29 is 9.90 Å². The molecule has 8 heteroatoms. The van der Waals surface area contributed by atoms with Crippen LogP contribution in [0.4, 0.5) is 0 Å². The zero-order valence-corrected chi connectivity index (χ0v) is 14.1. The summed E-state index contributed by atoms with van der Waals surface area (Å²) in [4.78, 5) is 11.1. The van der Waals surface area contributed by atoms with Crippen molar-refractivity contribution in [3.8, 4) is 11.4 Å². The van der Waals surface area contributed by atoms with Gasteiger partial charge >= 0.3 is 5.97 Å². The van der Waals surface area contributed by atoms with E-state index in [9.17, 15) is 4.79 Å². The largest absolute Gasteiger partial charge is 0.481 e. The Bertz CT molecular complexity index is 685. The summed E-state index contributed by atoms with van der Waals surface area (Å²) in [6.45, 7) is 0. The second-order valence-corrected chi connectivity index (χ2v) is 6.84. The van der Waals surface area contributed by atoms with Gasteiger partial charge in [0, 0.05) is 14.5 Å². The molecule has 1 heterocycles. The Kier molecular flexibility index (Phi) is 4.08. The molecule has 0 aliphatic heterocycles. The van der Waals surface area contributed by atoms with Gasteiger partial charge in [0.2, 0.25) is 0 Å². The molecule has 21 heavy (non-hydrogen) atoms. The maximum Gasteiger partial charge on any atom is 0.305 e. The number of carboxylic acid groups (broad SMARTS) is 1. The second-order valence-electron chi connectivity index (χ2n) is 5.07. The topological polar surface area (TPSA) is 80.9 Å². The molecule has 0 spiro atoms. The molecular weight excluding hydrogens is 404 g/mol. The highest BCUT2D eigenvalue weighted by Gasteiger charge is 2.36. The van der Waals surface area contributed by atoms with E-state index in [-0.39, 0.29) is 12.5 Å². The molecule has 1 aliphatic rings. The van der Waals surface area contributed by atoms with Gasteiger partial charge in [0.25, 0.3) is 0 Å². The first-order chi connectivity index (χ1) is 10.1. The molecule has 3 rings (SSSR count). The molecule has 1 atom stereocenters. The number of rotatable bonds is 5. The highest BCUT2D eigenvalue weighted by molar-refractivity contribution is 9.11. The van der Waals surface area contributed by atoms with E-state index in [1.165, 1.54) is 0 Å². The van der Waals surface area contributed by atoms with E-state index in [0.717, 1.165) is 27.4 Å². The van der Waals surface area contributed by atoms with E-state index in [2.05, 4.69) is 47.4 Å². The normalized spacial score (nSPS) is 15.9. The van der Waals surface area contributed by atoms with E-state index in [1.807, 2.05) is 18.2 Å². The molecule has 1 saturated carbocycles. The van der Waals surface area contributed by atoms with E-state index in [0.29, 0.717) is 11.7 Å². The predicted octanol–water partition coefficient (Wildman–Crippen LogP) is 3.29. The van der Waals surface area contributed by atoms with Gasteiger partial charge < -0.3 is 5.11 Å². The molecule has 0 amide bonds. The molecular formula is C13H12Br2N4O2. The second kappa shape index (κ2) is 5.84. The number of hydrogen-bond donors (Lipinski definition) is 1. The molecule has 2 aromatic rings. The molecule has 6 nitrogen and oxygen atoms in total. The minimum atomic E-state index is -0.830. The molecule has 1 aromatic heterocycles. The van der Waals surface area contributed by atoms with Crippen LogP contribution in [0, 0.1) is 5.92 Å². The third-order valence-corrected chi connectivity index (χ3v) is 4.68. The highest BCUT2D eigenvalue weighted by Crippen LogP contribution is 2.43. The summed E-state index contributed by atoms with van der Waals surface area (Å²) >= 11 is 6.91. The van der Waals surface area contributed by atoms with E-state index in [1.54, 1.807) is 4.68 Å². The monoisotopic (exact) mass is 414 g/mol. The van der Waals surface area contributed by atoms with Crippen molar-refractivity contribution in [1.82, 2.24) is 20.2 Å². The van der Waals surface area contributed by atoms with Crippen LogP contribution in [0.25, 0.3) is 11.4 Å². The number of aromatic nitrogens is 4. The lowest BCUT2D eigenvalue weighted by Gasteiger charge is -2.16. The fourth-order valence-electron chi connectivity index (χ4n) is 2.38. The van der Waals surface area contributed by atoms with Crippen LogP contribution in [-0.2, 0) is 4.79 Å². The summed E-state index contributed by atoms with van der Waals surface area (Å²) in [6.07, 6.45) is 2.09. The van der Waals surface area contributed by atoms with Gasteiger partial charge in [-0.25, -0.2) is 4.68 Å². The number of carboxylic acids is 1. The number of nitrogens with zero attached hydrogens (tertiary/aromatic N) is 4.